The van der Waals surface area contributed by atoms with Crippen molar-refractivity contribution in [3.05, 3.63) is 71.4 Å². The van der Waals surface area contributed by atoms with Crippen LogP contribution in [0.1, 0.15) is 12.5 Å². The SMILES string of the molecule is CC1CN=C(C(=CN)c2ccc(F)cc2)CN1C(=O)Nc1cc(F)c(F)c(F)c1. The molecule has 1 unspecified atom stereocenters. The van der Waals surface area contributed by atoms with Gasteiger partial charge < -0.3 is 16.0 Å². The van der Waals surface area contributed by atoms with Gasteiger partial charge in [-0.15, -0.1) is 0 Å². The van der Waals surface area contributed by atoms with Crippen molar-refractivity contribution < 1.29 is 22.4 Å². The minimum absolute atomic E-state index is 0.0690. The molecule has 1 aliphatic rings. The van der Waals surface area contributed by atoms with Crippen LogP contribution in [0.3, 0.4) is 0 Å². The Kier molecular flexibility index (Phi) is 5.86. The van der Waals surface area contributed by atoms with E-state index in [0.29, 0.717) is 29.0 Å². The lowest BCUT2D eigenvalue weighted by Crippen LogP contribution is -2.48. The maximum atomic E-state index is 13.4. The minimum atomic E-state index is -1.61. The van der Waals surface area contributed by atoms with E-state index in [9.17, 15) is 22.4 Å². The Morgan fingerprint density at radius 1 is 1.17 bits per heavy atom. The Hall–Kier alpha value is -3.36. The summed E-state index contributed by atoms with van der Waals surface area (Å²) >= 11 is 0. The Morgan fingerprint density at radius 2 is 1.79 bits per heavy atom. The number of aliphatic imine (C=N–C) groups is 1. The normalized spacial score (nSPS) is 17.1. The maximum absolute atomic E-state index is 13.4. The zero-order chi connectivity index (χ0) is 21.1. The largest absolute Gasteiger partial charge is 0.404 e. The Labute approximate surface area is 164 Å². The second-order valence-corrected chi connectivity index (χ2v) is 6.54. The van der Waals surface area contributed by atoms with Gasteiger partial charge in [-0.05, 0) is 24.6 Å². The highest BCUT2D eigenvalue weighted by molar-refractivity contribution is 6.25. The average molecular weight is 406 g/mol. The first-order chi connectivity index (χ1) is 13.8. The molecular formula is C20H18F4N4O. The van der Waals surface area contributed by atoms with Gasteiger partial charge in [0.1, 0.15) is 5.82 Å². The second kappa shape index (κ2) is 8.34. The molecule has 9 heteroatoms. The van der Waals surface area contributed by atoms with Gasteiger partial charge >= 0.3 is 6.03 Å². The van der Waals surface area contributed by atoms with Gasteiger partial charge in [0.05, 0.1) is 24.8 Å². The summed E-state index contributed by atoms with van der Waals surface area (Å²) in [4.78, 5) is 18.5. The van der Waals surface area contributed by atoms with Crippen LogP contribution in [-0.2, 0) is 0 Å². The standard InChI is InChI=1S/C20H18F4N4O/c1-11-9-26-18(15(8-25)12-2-4-13(21)5-3-12)10-28(11)20(29)27-14-6-16(22)19(24)17(23)7-14/h2-8,11H,9-10,25H2,1H3,(H,27,29). The molecule has 3 N–H and O–H groups in total. The number of carbonyl (C=O) groups excluding carboxylic acids is 1. The van der Waals surface area contributed by atoms with Crippen LogP contribution in [0.2, 0.25) is 0 Å². The van der Waals surface area contributed by atoms with Crippen molar-refractivity contribution in [2.75, 3.05) is 18.4 Å². The topological polar surface area (TPSA) is 70.7 Å². The molecule has 0 spiro atoms. The van der Waals surface area contributed by atoms with E-state index in [2.05, 4.69) is 10.3 Å². The van der Waals surface area contributed by atoms with E-state index in [-0.39, 0.29) is 24.8 Å². The number of rotatable bonds is 3. The summed E-state index contributed by atoms with van der Waals surface area (Å²) in [5, 5.41) is 2.36. The molecule has 2 amide bonds. The lowest BCUT2D eigenvalue weighted by molar-refractivity contribution is 0.201. The van der Waals surface area contributed by atoms with Gasteiger partial charge in [0, 0.05) is 29.6 Å². The molecule has 0 bridgehead atoms. The van der Waals surface area contributed by atoms with Crippen molar-refractivity contribution in [1.29, 1.82) is 0 Å². The highest BCUT2D eigenvalue weighted by atomic mass is 19.2. The third-order valence-corrected chi connectivity index (χ3v) is 4.53. The number of benzene rings is 2. The average Bonchev–Trinajstić information content (AvgIpc) is 2.69. The maximum Gasteiger partial charge on any atom is 0.322 e. The van der Waals surface area contributed by atoms with Gasteiger partial charge in [0.25, 0.3) is 0 Å². The molecule has 0 aromatic heterocycles. The third kappa shape index (κ3) is 4.39. The van der Waals surface area contributed by atoms with Gasteiger partial charge in [-0.25, -0.2) is 22.4 Å². The minimum Gasteiger partial charge on any atom is -0.404 e. The number of nitrogens with zero attached hydrogens (tertiary/aromatic N) is 2. The number of urea groups is 1. The van der Waals surface area contributed by atoms with Crippen LogP contribution in [0.15, 0.2) is 47.6 Å². The summed E-state index contributed by atoms with van der Waals surface area (Å²) in [5.74, 6) is -4.82. The molecule has 3 rings (SSSR count). The zero-order valence-electron chi connectivity index (χ0n) is 15.4. The van der Waals surface area contributed by atoms with Gasteiger partial charge in [-0.2, -0.15) is 0 Å². The highest BCUT2D eigenvalue weighted by Gasteiger charge is 2.27. The second-order valence-electron chi connectivity index (χ2n) is 6.54. The van der Waals surface area contributed by atoms with Crippen LogP contribution < -0.4 is 11.1 Å². The summed E-state index contributed by atoms with van der Waals surface area (Å²) < 4.78 is 53.1. The van der Waals surface area contributed by atoms with Crippen LogP contribution in [0, 0.1) is 23.3 Å². The smallest absolute Gasteiger partial charge is 0.322 e. The van der Waals surface area contributed by atoms with Crippen molar-refractivity contribution in [1.82, 2.24) is 4.90 Å². The molecule has 0 saturated heterocycles. The molecule has 5 nitrogen and oxygen atoms in total. The summed E-state index contributed by atoms with van der Waals surface area (Å²) in [6, 6.07) is 6.12. The lowest BCUT2D eigenvalue weighted by atomic mass is 10.00. The number of nitrogens with two attached hydrogens (primary N) is 1. The number of amides is 2. The highest BCUT2D eigenvalue weighted by Crippen LogP contribution is 2.22. The van der Waals surface area contributed by atoms with Gasteiger partial charge in [0.2, 0.25) is 0 Å². The number of nitrogens with one attached hydrogen (secondary N) is 1. The Morgan fingerprint density at radius 3 is 2.38 bits per heavy atom. The summed E-state index contributed by atoms with van der Waals surface area (Å²) in [5.41, 5.74) is 7.18. The van der Waals surface area contributed by atoms with E-state index in [1.54, 1.807) is 19.1 Å². The van der Waals surface area contributed by atoms with Crippen LogP contribution in [0.5, 0.6) is 0 Å². The molecule has 29 heavy (non-hydrogen) atoms. The molecule has 1 heterocycles. The first-order valence-corrected chi connectivity index (χ1v) is 8.74. The molecule has 1 aliphatic heterocycles. The molecule has 2 aromatic rings. The first kappa shape index (κ1) is 20.4. The molecule has 1 atom stereocenters. The fourth-order valence-corrected chi connectivity index (χ4v) is 2.96. The molecular weight excluding hydrogens is 388 g/mol. The lowest BCUT2D eigenvalue weighted by Gasteiger charge is -2.33. The first-order valence-electron chi connectivity index (χ1n) is 8.74. The molecule has 0 fully saturated rings. The fourth-order valence-electron chi connectivity index (χ4n) is 2.96. The van der Waals surface area contributed by atoms with E-state index in [1.165, 1.54) is 23.2 Å². The quantitative estimate of drug-likeness (QED) is 0.599. The number of hydrogen-bond donors (Lipinski definition) is 2. The summed E-state index contributed by atoms with van der Waals surface area (Å²) in [6.07, 6.45) is 1.32. The van der Waals surface area contributed by atoms with Crippen LogP contribution >= 0.6 is 0 Å². The van der Waals surface area contributed by atoms with Crippen molar-refractivity contribution >= 4 is 23.0 Å². The van der Waals surface area contributed by atoms with Gasteiger partial charge in [-0.1, -0.05) is 12.1 Å². The number of hydrogen-bond acceptors (Lipinski definition) is 3. The van der Waals surface area contributed by atoms with Crippen LogP contribution in [0.4, 0.5) is 28.0 Å². The molecule has 2 aromatic carbocycles. The molecule has 152 valence electrons. The van der Waals surface area contributed by atoms with E-state index < -0.39 is 29.3 Å². The Balaban J connectivity index is 1.79. The van der Waals surface area contributed by atoms with Crippen molar-refractivity contribution in [3.8, 4) is 0 Å². The predicted molar refractivity (Wildman–Crippen MR) is 102 cm³/mol. The monoisotopic (exact) mass is 406 g/mol. The number of anilines is 1. The van der Waals surface area contributed by atoms with Crippen molar-refractivity contribution in [2.24, 2.45) is 10.7 Å². The van der Waals surface area contributed by atoms with Gasteiger partial charge in [0.15, 0.2) is 17.5 Å². The Bertz CT molecular complexity index is 965. The van der Waals surface area contributed by atoms with E-state index in [1.807, 2.05) is 0 Å². The van der Waals surface area contributed by atoms with E-state index in [0.717, 1.165) is 0 Å². The van der Waals surface area contributed by atoms with E-state index in [4.69, 9.17) is 5.73 Å². The van der Waals surface area contributed by atoms with Crippen LogP contribution in [0.25, 0.3) is 5.57 Å². The number of halogens is 4. The fraction of sp³-hybridized carbons (Fsp3) is 0.200. The summed E-state index contributed by atoms with van der Waals surface area (Å²) in [6.45, 7) is 2.10. The van der Waals surface area contributed by atoms with Crippen molar-refractivity contribution in [3.63, 3.8) is 0 Å². The van der Waals surface area contributed by atoms with Crippen LogP contribution in [-0.4, -0.2) is 35.8 Å². The molecule has 0 saturated carbocycles. The zero-order valence-corrected chi connectivity index (χ0v) is 15.4. The molecule has 0 radical (unpaired) electrons. The summed E-state index contributed by atoms with van der Waals surface area (Å²) in [7, 11) is 0. The van der Waals surface area contributed by atoms with E-state index >= 15 is 0 Å². The number of carbonyl (C=O) groups is 1. The van der Waals surface area contributed by atoms with Crippen molar-refractivity contribution in [2.45, 2.75) is 13.0 Å². The molecule has 0 aliphatic carbocycles. The third-order valence-electron chi connectivity index (χ3n) is 4.53. The van der Waals surface area contributed by atoms with Gasteiger partial charge in [-0.3, -0.25) is 4.99 Å². The predicted octanol–water partition coefficient (Wildman–Crippen LogP) is 3.92.